The summed E-state index contributed by atoms with van der Waals surface area (Å²) in [5.74, 6) is 0. The van der Waals surface area contributed by atoms with E-state index in [2.05, 4.69) is 10.2 Å². The largest absolute Gasteiger partial charge is 0.396 e. The van der Waals surface area contributed by atoms with Crippen LogP contribution in [0.15, 0.2) is 0 Å². The third-order valence-corrected chi connectivity index (χ3v) is 3.74. The molecule has 2 saturated heterocycles. The fourth-order valence-electron chi connectivity index (χ4n) is 2.84. The highest BCUT2D eigenvalue weighted by Gasteiger charge is 2.28. The Kier molecular flexibility index (Phi) is 4.42. The molecule has 0 amide bonds. The molecule has 3 nitrogen and oxygen atoms in total. The lowest BCUT2D eigenvalue weighted by Crippen LogP contribution is -2.35. The van der Waals surface area contributed by atoms with Crippen LogP contribution >= 0.6 is 0 Å². The standard InChI is InChI=1S/C12H24N2O/c15-9-3-1-2-7-14-8-6-11-4-5-12(10-14)13-11/h11-13,15H,1-10H2. The van der Waals surface area contributed by atoms with Crippen LogP contribution in [0.1, 0.15) is 38.5 Å². The molecule has 2 heterocycles. The molecular weight excluding hydrogens is 188 g/mol. The topological polar surface area (TPSA) is 35.5 Å². The number of aliphatic hydroxyl groups is 1. The van der Waals surface area contributed by atoms with E-state index < -0.39 is 0 Å². The van der Waals surface area contributed by atoms with E-state index in [-0.39, 0.29) is 0 Å². The predicted octanol–water partition coefficient (Wildman–Crippen LogP) is 0.975. The quantitative estimate of drug-likeness (QED) is 0.667. The molecule has 2 N–H and O–H groups in total. The zero-order valence-corrected chi connectivity index (χ0v) is 9.62. The number of fused-ring (bicyclic) bond motifs is 2. The van der Waals surface area contributed by atoms with E-state index in [1.807, 2.05) is 0 Å². The number of hydrogen-bond donors (Lipinski definition) is 2. The van der Waals surface area contributed by atoms with Gasteiger partial charge in [-0.15, -0.1) is 0 Å². The van der Waals surface area contributed by atoms with Gasteiger partial charge in [-0.3, -0.25) is 0 Å². The highest BCUT2D eigenvalue weighted by Crippen LogP contribution is 2.20. The van der Waals surface area contributed by atoms with Crippen molar-refractivity contribution in [2.24, 2.45) is 0 Å². The van der Waals surface area contributed by atoms with E-state index in [9.17, 15) is 0 Å². The maximum atomic E-state index is 8.71. The second kappa shape index (κ2) is 5.83. The maximum absolute atomic E-state index is 8.71. The summed E-state index contributed by atoms with van der Waals surface area (Å²) in [5, 5.41) is 12.4. The Labute approximate surface area is 92.8 Å². The van der Waals surface area contributed by atoms with Crippen molar-refractivity contribution in [1.82, 2.24) is 10.2 Å². The summed E-state index contributed by atoms with van der Waals surface area (Å²) < 4.78 is 0. The average Bonchev–Trinajstić information content (AvgIpc) is 2.56. The minimum atomic E-state index is 0.353. The van der Waals surface area contributed by atoms with Crippen molar-refractivity contribution in [3.8, 4) is 0 Å². The summed E-state index contributed by atoms with van der Waals surface area (Å²) in [5.41, 5.74) is 0. The molecule has 0 saturated carbocycles. The smallest absolute Gasteiger partial charge is 0.0431 e. The second-order valence-corrected chi connectivity index (χ2v) is 5.01. The molecule has 2 aliphatic heterocycles. The van der Waals surface area contributed by atoms with Crippen LogP contribution in [0.25, 0.3) is 0 Å². The van der Waals surface area contributed by atoms with Gasteiger partial charge in [-0.1, -0.05) is 0 Å². The van der Waals surface area contributed by atoms with Gasteiger partial charge in [0.2, 0.25) is 0 Å². The number of nitrogens with zero attached hydrogens (tertiary/aromatic N) is 1. The Balaban J connectivity index is 1.65. The van der Waals surface area contributed by atoms with E-state index in [4.69, 9.17) is 5.11 Å². The van der Waals surface area contributed by atoms with Crippen LogP contribution in [-0.2, 0) is 0 Å². The van der Waals surface area contributed by atoms with Gasteiger partial charge in [0.25, 0.3) is 0 Å². The molecule has 3 heteroatoms. The predicted molar refractivity (Wildman–Crippen MR) is 61.9 cm³/mol. The van der Waals surface area contributed by atoms with Crippen LogP contribution in [0, 0.1) is 0 Å². The first-order valence-electron chi connectivity index (χ1n) is 6.48. The van der Waals surface area contributed by atoms with Gasteiger partial charge in [-0.2, -0.15) is 0 Å². The summed E-state index contributed by atoms with van der Waals surface area (Å²) in [6.07, 6.45) is 7.49. The second-order valence-electron chi connectivity index (χ2n) is 5.01. The van der Waals surface area contributed by atoms with Gasteiger partial charge >= 0.3 is 0 Å². The summed E-state index contributed by atoms with van der Waals surface area (Å²) in [6.45, 7) is 4.10. The minimum absolute atomic E-state index is 0.353. The van der Waals surface area contributed by atoms with Gasteiger partial charge in [0, 0.05) is 25.2 Å². The summed E-state index contributed by atoms with van der Waals surface area (Å²) in [6, 6.07) is 1.56. The Morgan fingerprint density at radius 1 is 1.07 bits per heavy atom. The molecule has 2 bridgehead atoms. The number of likely N-dealkylation sites (tertiary alicyclic amines) is 1. The molecule has 2 aliphatic rings. The van der Waals surface area contributed by atoms with Crippen LogP contribution in [0.5, 0.6) is 0 Å². The first-order chi connectivity index (χ1) is 7.38. The summed E-state index contributed by atoms with van der Waals surface area (Å²) in [7, 11) is 0. The number of rotatable bonds is 5. The van der Waals surface area contributed by atoms with Crippen LogP contribution < -0.4 is 5.32 Å². The lowest BCUT2D eigenvalue weighted by atomic mass is 10.1. The van der Waals surface area contributed by atoms with Gasteiger partial charge in [-0.25, -0.2) is 0 Å². The third-order valence-electron chi connectivity index (χ3n) is 3.74. The van der Waals surface area contributed by atoms with Crippen molar-refractivity contribution in [2.45, 2.75) is 50.6 Å². The molecule has 0 aromatic heterocycles. The molecule has 88 valence electrons. The van der Waals surface area contributed by atoms with E-state index in [0.717, 1.165) is 18.5 Å². The Morgan fingerprint density at radius 3 is 2.80 bits per heavy atom. The minimum Gasteiger partial charge on any atom is -0.396 e. The van der Waals surface area contributed by atoms with Crippen LogP contribution in [0.4, 0.5) is 0 Å². The molecule has 0 radical (unpaired) electrons. The Morgan fingerprint density at radius 2 is 1.93 bits per heavy atom. The Hall–Kier alpha value is -0.120. The van der Waals surface area contributed by atoms with Gasteiger partial charge in [0.1, 0.15) is 0 Å². The first kappa shape index (κ1) is 11.4. The highest BCUT2D eigenvalue weighted by molar-refractivity contribution is 4.89. The number of hydrogen-bond acceptors (Lipinski definition) is 3. The lowest BCUT2D eigenvalue weighted by molar-refractivity contribution is 0.243. The molecule has 0 spiro atoms. The maximum Gasteiger partial charge on any atom is 0.0431 e. The molecule has 2 unspecified atom stereocenters. The number of nitrogens with one attached hydrogen (secondary N) is 1. The van der Waals surface area contributed by atoms with E-state index in [0.29, 0.717) is 6.61 Å². The van der Waals surface area contributed by atoms with Crippen molar-refractivity contribution in [2.75, 3.05) is 26.2 Å². The van der Waals surface area contributed by atoms with E-state index in [1.54, 1.807) is 0 Å². The van der Waals surface area contributed by atoms with Crippen LogP contribution in [-0.4, -0.2) is 48.3 Å². The van der Waals surface area contributed by atoms with Crippen LogP contribution in [0.3, 0.4) is 0 Å². The number of unbranched alkanes of at least 4 members (excludes halogenated alkanes) is 2. The van der Waals surface area contributed by atoms with E-state index in [1.165, 1.54) is 51.7 Å². The zero-order valence-electron chi connectivity index (χ0n) is 9.62. The normalized spacial score (nSPS) is 31.8. The lowest BCUT2D eigenvalue weighted by Gasteiger charge is -2.23. The van der Waals surface area contributed by atoms with Crippen molar-refractivity contribution >= 4 is 0 Å². The molecule has 0 aliphatic carbocycles. The molecule has 15 heavy (non-hydrogen) atoms. The highest BCUT2D eigenvalue weighted by atomic mass is 16.2. The third kappa shape index (κ3) is 3.44. The SMILES string of the molecule is OCCCCCN1CCC2CCC(C1)N2. The molecule has 2 fully saturated rings. The summed E-state index contributed by atoms with van der Waals surface area (Å²) in [4.78, 5) is 2.61. The van der Waals surface area contributed by atoms with Crippen molar-refractivity contribution in [1.29, 1.82) is 0 Å². The molecule has 2 atom stereocenters. The van der Waals surface area contributed by atoms with Gasteiger partial charge < -0.3 is 15.3 Å². The zero-order chi connectivity index (χ0) is 10.5. The van der Waals surface area contributed by atoms with Crippen LogP contribution in [0.2, 0.25) is 0 Å². The van der Waals surface area contributed by atoms with Gasteiger partial charge in [0.05, 0.1) is 0 Å². The van der Waals surface area contributed by atoms with Crippen molar-refractivity contribution < 1.29 is 5.11 Å². The van der Waals surface area contributed by atoms with E-state index >= 15 is 0 Å². The molecular formula is C12H24N2O. The summed E-state index contributed by atoms with van der Waals surface area (Å²) >= 11 is 0. The van der Waals surface area contributed by atoms with Gasteiger partial charge in [-0.05, 0) is 51.6 Å². The molecule has 0 aromatic rings. The van der Waals surface area contributed by atoms with Crippen molar-refractivity contribution in [3.05, 3.63) is 0 Å². The number of aliphatic hydroxyl groups excluding tert-OH is 1. The molecule has 0 aromatic carbocycles. The Bertz CT molecular complexity index is 186. The first-order valence-corrected chi connectivity index (χ1v) is 6.48. The molecule has 2 rings (SSSR count). The fourth-order valence-corrected chi connectivity index (χ4v) is 2.84. The van der Waals surface area contributed by atoms with Gasteiger partial charge in [0.15, 0.2) is 0 Å². The average molecular weight is 212 g/mol. The fraction of sp³-hybridized carbons (Fsp3) is 1.00. The monoisotopic (exact) mass is 212 g/mol. The van der Waals surface area contributed by atoms with Crippen molar-refractivity contribution in [3.63, 3.8) is 0 Å².